The molecule has 0 amide bonds. The second kappa shape index (κ2) is 8.52. The second-order valence-electron chi connectivity index (χ2n) is 9.68. The van der Waals surface area contributed by atoms with Crippen molar-refractivity contribution in [3.63, 3.8) is 0 Å². The van der Waals surface area contributed by atoms with Gasteiger partial charge in [-0.3, -0.25) is 4.79 Å². The summed E-state index contributed by atoms with van der Waals surface area (Å²) in [6.45, 7) is 5.17. The number of alkyl halides is 3. The lowest BCUT2D eigenvalue weighted by atomic mass is 9.76. The highest BCUT2D eigenvalue weighted by molar-refractivity contribution is 5.74. The van der Waals surface area contributed by atoms with E-state index in [4.69, 9.17) is 9.47 Å². The van der Waals surface area contributed by atoms with E-state index in [1.165, 1.54) is 32.9 Å². The van der Waals surface area contributed by atoms with Crippen molar-refractivity contribution in [2.45, 2.75) is 57.1 Å². The van der Waals surface area contributed by atoms with Crippen molar-refractivity contribution in [3.05, 3.63) is 69.1 Å². The second-order valence-corrected chi connectivity index (χ2v) is 9.68. The molecule has 0 saturated carbocycles. The highest BCUT2D eigenvalue weighted by Crippen LogP contribution is 2.59. The van der Waals surface area contributed by atoms with Crippen molar-refractivity contribution >= 4 is 11.0 Å². The van der Waals surface area contributed by atoms with E-state index >= 15 is 0 Å². The van der Waals surface area contributed by atoms with Crippen LogP contribution >= 0.6 is 0 Å². The van der Waals surface area contributed by atoms with Crippen LogP contribution in [0.15, 0.2) is 35.1 Å². The Morgan fingerprint density at radius 2 is 1.83 bits per heavy atom. The SMILES string of the molecule is COc1c([C@H]2[C@H](c3cc(=O)c4nc(C(C)(C)O)ccc4[nH]3)O[C@@](C)(C(F)(F)F)[C@H]2C)ccc(F)c1F. The minimum atomic E-state index is -4.81. The molecule has 4 rings (SSSR count). The normalized spacial score (nSPS) is 24.9. The summed E-state index contributed by atoms with van der Waals surface area (Å²) in [7, 11) is 1.09. The molecule has 0 aliphatic carbocycles. The summed E-state index contributed by atoms with van der Waals surface area (Å²) >= 11 is 0. The zero-order valence-electron chi connectivity index (χ0n) is 20.1. The number of halogens is 5. The number of aromatic amines is 1. The van der Waals surface area contributed by atoms with Crippen molar-refractivity contribution < 1.29 is 36.5 Å². The highest BCUT2D eigenvalue weighted by Gasteiger charge is 2.65. The lowest BCUT2D eigenvalue weighted by Crippen LogP contribution is -2.46. The van der Waals surface area contributed by atoms with Crippen LogP contribution in [-0.4, -0.2) is 34.0 Å². The fraction of sp³-hybridized carbons (Fsp3) is 0.440. The molecule has 0 radical (unpaired) electrons. The number of pyridine rings is 2. The van der Waals surface area contributed by atoms with Crippen LogP contribution in [0.25, 0.3) is 11.0 Å². The summed E-state index contributed by atoms with van der Waals surface area (Å²) in [5.41, 5.74) is -4.23. The highest BCUT2D eigenvalue weighted by atomic mass is 19.4. The third-order valence-corrected chi connectivity index (χ3v) is 6.94. The maximum absolute atomic E-state index is 14.6. The number of hydrogen-bond acceptors (Lipinski definition) is 5. The summed E-state index contributed by atoms with van der Waals surface area (Å²) in [5, 5.41) is 10.2. The van der Waals surface area contributed by atoms with Gasteiger partial charge in [0.15, 0.2) is 17.2 Å². The van der Waals surface area contributed by atoms with E-state index in [0.717, 1.165) is 32.2 Å². The van der Waals surface area contributed by atoms with Crippen LogP contribution < -0.4 is 10.2 Å². The van der Waals surface area contributed by atoms with E-state index in [1.54, 1.807) is 0 Å². The first kappa shape index (κ1) is 26.0. The van der Waals surface area contributed by atoms with Crippen molar-refractivity contribution in [3.8, 4) is 5.75 Å². The first-order valence-electron chi connectivity index (χ1n) is 11.1. The quantitative estimate of drug-likeness (QED) is 0.467. The van der Waals surface area contributed by atoms with Crippen LogP contribution in [0.3, 0.4) is 0 Å². The Morgan fingerprint density at radius 3 is 2.42 bits per heavy atom. The molecule has 1 aliphatic heterocycles. The van der Waals surface area contributed by atoms with Gasteiger partial charge in [0.25, 0.3) is 0 Å². The van der Waals surface area contributed by atoms with Crippen LogP contribution in [0.4, 0.5) is 22.0 Å². The number of rotatable bonds is 4. The molecule has 36 heavy (non-hydrogen) atoms. The Balaban J connectivity index is 1.93. The number of aromatic nitrogens is 2. The number of H-pyrrole nitrogens is 1. The molecule has 3 heterocycles. The zero-order chi connectivity index (χ0) is 26.8. The van der Waals surface area contributed by atoms with E-state index in [-0.39, 0.29) is 28.0 Å². The van der Waals surface area contributed by atoms with Crippen LogP contribution in [0.2, 0.25) is 0 Å². The summed E-state index contributed by atoms with van der Waals surface area (Å²) in [6, 6.07) is 6.01. The van der Waals surface area contributed by atoms with Gasteiger partial charge in [-0.05, 0) is 39.0 Å². The average Bonchev–Trinajstić information content (AvgIpc) is 3.06. The number of ether oxygens (including phenoxy) is 2. The van der Waals surface area contributed by atoms with Gasteiger partial charge in [-0.2, -0.15) is 17.6 Å². The molecule has 0 unspecified atom stereocenters. The smallest absolute Gasteiger partial charge is 0.417 e. The molecule has 194 valence electrons. The predicted octanol–water partition coefficient (Wildman–Crippen LogP) is 5.25. The van der Waals surface area contributed by atoms with Crippen LogP contribution in [0, 0.1) is 17.6 Å². The van der Waals surface area contributed by atoms with Gasteiger partial charge in [0, 0.05) is 29.2 Å². The van der Waals surface area contributed by atoms with E-state index in [9.17, 15) is 31.9 Å². The van der Waals surface area contributed by atoms with Gasteiger partial charge < -0.3 is 19.6 Å². The van der Waals surface area contributed by atoms with Crippen molar-refractivity contribution in [2.24, 2.45) is 5.92 Å². The van der Waals surface area contributed by atoms with Crippen LogP contribution in [0.5, 0.6) is 5.75 Å². The Kier molecular flexibility index (Phi) is 6.16. The Bertz CT molecular complexity index is 1380. The van der Waals surface area contributed by atoms with Gasteiger partial charge >= 0.3 is 6.18 Å². The zero-order valence-corrected chi connectivity index (χ0v) is 20.1. The van der Waals surface area contributed by atoms with Crippen molar-refractivity contribution in [1.29, 1.82) is 0 Å². The molecule has 6 nitrogen and oxygen atoms in total. The predicted molar refractivity (Wildman–Crippen MR) is 121 cm³/mol. The van der Waals surface area contributed by atoms with E-state index in [0.29, 0.717) is 0 Å². The van der Waals surface area contributed by atoms with E-state index < -0.39 is 58.1 Å². The molecule has 1 aromatic carbocycles. The summed E-state index contributed by atoms with van der Waals surface area (Å²) < 4.78 is 81.7. The molecular weight excluding hydrogens is 487 g/mol. The number of aliphatic hydroxyl groups is 1. The molecule has 1 fully saturated rings. The molecule has 0 bridgehead atoms. The molecule has 4 atom stereocenters. The lowest BCUT2D eigenvalue weighted by Gasteiger charge is -2.32. The average molecular weight is 512 g/mol. The van der Waals surface area contributed by atoms with Crippen LogP contribution in [0.1, 0.15) is 56.7 Å². The summed E-state index contributed by atoms with van der Waals surface area (Å²) in [5.74, 6) is -5.54. The van der Waals surface area contributed by atoms with Crippen LogP contribution in [-0.2, 0) is 10.3 Å². The van der Waals surface area contributed by atoms with Gasteiger partial charge in [-0.1, -0.05) is 13.0 Å². The molecule has 2 aromatic heterocycles. The number of methoxy groups -OCH3 is 1. The fourth-order valence-corrected chi connectivity index (χ4v) is 4.72. The Labute approximate surface area is 203 Å². The lowest BCUT2D eigenvalue weighted by molar-refractivity contribution is -0.275. The summed E-state index contributed by atoms with van der Waals surface area (Å²) in [4.78, 5) is 20.1. The molecule has 2 N–H and O–H groups in total. The number of benzene rings is 1. The van der Waals surface area contributed by atoms with Gasteiger partial charge in [0.05, 0.1) is 18.3 Å². The molecular formula is C25H25F5N2O4. The molecule has 1 aliphatic rings. The van der Waals surface area contributed by atoms with Gasteiger partial charge in [0.2, 0.25) is 11.2 Å². The molecule has 3 aromatic rings. The minimum Gasteiger partial charge on any atom is -0.493 e. The van der Waals surface area contributed by atoms with Gasteiger partial charge in [-0.15, -0.1) is 0 Å². The minimum absolute atomic E-state index is 0.00178. The monoisotopic (exact) mass is 512 g/mol. The van der Waals surface area contributed by atoms with E-state index in [2.05, 4.69) is 9.97 Å². The first-order valence-corrected chi connectivity index (χ1v) is 11.1. The number of nitrogens with zero attached hydrogens (tertiary/aromatic N) is 1. The number of fused-ring (bicyclic) bond motifs is 1. The molecule has 1 saturated heterocycles. The van der Waals surface area contributed by atoms with Crippen molar-refractivity contribution in [1.82, 2.24) is 9.97 Å². The maximum Gasteiger partial charge on any atom is 0.417 e. The molecule has 0 spiro atoms. The molecule has 11 heteroatoms. The Morgan fingerprint density at radius 1 is 1.17 bits per heavy atom. The summed E-state index contributed by atoms with van der Waals surface area (Å²) in [6.07, 6.45) is -6.21. The first-order chi connectivity index (χ1) is 16.6. The largest absolute Gasteiger partial charge is 0.493 e. The standard InChI is InChI=1S/C25H25F5N2O4/c1-11-18(12-6-7-13(26)19(27)21(12)35-5)22(36-24(11,4)25(28,29)30)15-10-16(33)20-14(31-15)8-9-17(32-20)23(2,3)34/h6-11,18,22,34H,1-5H3,(H,31,33)/t11-,18-,22-,24+/m0/s1. The third kappa shape index (κ3) is 4.03. The fourth-order valence-electron chi connectivity index (χ4n) is 4.72. The Hall–Kier alpha value is -3.05. The number of nitrogens with one attached hydrogen (secondary N) is 1. The van der Waals surface area contributed by atoms with Gasteiger partial charge in [0.1, 0.15) is 17.2 Å². The van der Waals surface area contributed by atoms with Crippen molar-refractivity contribution in [2.75, 3.05) is 7.11 Å². The third-order valence-electron chi connectivity index (χ3n) is 6.94. The number of hydrogen-bond donors (Lipinski definition) is 2. The maximum atomic E-state index is 14.6. The van der Waals surface area contributed by atoms with Gasteiger partial charge in [-0.25, -0.2) is 9.37 Å². The van der Waals surface area contributed by atoms with E-state index in [1.807, 2.05) is 0 Å². The topological polar surface area (TPSA) is 84.4 Å².